The van der Waals surface area contributed by atoms with Gasteiger partial charge in [-0.25, -0.2) is 4.98 Å². The number of fused-ring (bicyclic) bond motifs is 1. The molecule has 3 aromatic rings. The predicted molar refractivity (Wildman–Crippen MR) is 98.0 cm³/mol. The monoisotopic (exact) mass is 344 g/mol. The molecule has 1 N–H and O–H groups in total. The van der Waals surface area contributed by atoms with Gasteiger partial charge in [0.05, 0.1) is 16.3 Å². The van der Waals surface area contributed by atoms with Crippen molar-refractivity contribution in [1.29, 1.82) is 0 Å². The van der Waals surface area contributed by atoms with E-state index in [1.807, 2.05) is 6.92 Å². The van der Waals surface area contributed by atoms with E-state index in [4.69, 9.17) is 11.6 Å². The van der Waals surface area contributed by atoms with E-state index in [9.17, 15) is 4.79 Å². The maximum Gasteiger partial charge on any atom is 0.184 e. The number of hydrogen-bond donors (Lipinski definition) is 1. The second-order valence-corrected chi connectivity index (χ2v) is 7.08. The van der Waals surface area contributed by atoms with Crippen molar-refractivity contribution < 1.29 is 4.79 Å². The summed E-state index contributed by atoms with van der Waals surface area (Å²) in [6, 6.07) is 10.8. The minimum Gasteiger partial charge on any atom is -0.352 e. The molecule has 1 atom stereocenters. The van der Waals surface area contributed by atoms with Crippen molar-refractivity contribution in [3.05, 3.63) is 58.1 Å². The lowest BCUT2D eigenvalue weighted by molar-refractivity contribution is 0.0975. The summed E-state index contributed by atoms with van der Waals surface area (Å²) in [7, 11) is 0. The Morgan fingerprint density at radius 1 is 1.17 bits per heavy atom. The molecule has 2 aromatic carbocycles. The van der Waals surface area contributed by atoms with Crippen LogP contribution >= 0.6 is 22.9 Å². The van der Waals surface area contributed by atoms with Gasteiger partial charge in [0.2, 0.25) is 0 Å². The van der Waals surface area contributed by atoms with E-state index in [-0.39, 0.29) is 11.8 Å². The number of aryl methyl sites for hydroxylation is 2. The fraction of sp³-hybridized carbons (Fsp3) is 0.222. The lowest BCUT2D eigenvalue weighted by Crippen LogP contribution is -2.26. The number of ketones is 1. The summed E-state index contributed by atoms with van der Waals surface area (Å²) in [4.78, 5) is 17.1. The highest BCUT2D eigenvalue weighted by molar-refractivity contribution is 7.22. The van der Waals surface area contributed by atoms with E-state index < -0.39 is 0 Å². The number of benzene rings is 2. The van der Waals surface area contributed by atoms with Crippen molar-refractivity contribution in [1.82, 2.24) is 4.98 Å². The number of thiazole rings is 1. The van der Waals surface area contributed by atoms with Crippen LogP contribution < -0.4 is 5.32 Å². The molecule has 0 spiro atoms. The Balaban J connectivity index is 1.82. The number of nitrogens with one attached hydrogen (secondary N) is 1. The molecule has 0 saturated carbocycles. The van der Waals surface area contributed by atoms with Crippen LogP contribution in [0, 0.1) is 13.8 Å². The molecule has 23 heavy (non-hydrogen) atoms. The molecule has 0 fully saturated rings. The third-order valence-corrected chi connectivity index (χ3v) is 5.15. The van der Waals surface area contributed by atoms with Gasteiger partial charge in [-0.1, -0.05) is 29.0 Å². The Bertz CT molecular complexity index is 871. The molecule has 3 nitrogen and oxygen atoms in total. The predicted octanol–water partition coefficient (Wildman–Crippen LogP) is 5.25. The molecule has 3 rings (SSSR count). The first-order valence-corrected chi connectivity index (χ1v) is 8.58. The number of hydrogen-bond acceptors (Lipinski definition) is 4. The molecule has 0 aliphatic rings. The molecule has 0 radical (unpaired) electrons. The molecule has 118 valence electrons. The molecule has 5 heteroatoms. The van der Waals surface area contributed by atoms with Gasteiger partial charge in [-0.2, -0.15) is 0 Å². The first-order valence-electron chi connectivity index (χ1n) is 7.39. The standard InChI is InChI=1S/C18H17ClN2OS/c1-10-4-9-15-16(11(10)2)21-18(23-15)20-12(3)17(22)13-5-7-14(19)8-6-13/h4-9,12H,1-3H3,(H,20,21). The Hall–Kier alpha value is -1.91. The summed E-state index contributed by atoms with van der Waals surface area (Å²) in [5.74, 6) is 0.0221. The minimum atomic E-state index is -0.349. The molecule has 0 bridgehead atoms. The van der Waals surface area contributed by atoms with Crippen LogP contribution in [-0.4, -0.2) is 16.8 Å². The van der Waals surface area contributed by atoms with Gasteiger partial charge in [-0.15, -0.1) is 0 Å². The first kappa shape index (κ1) is 16.0. The number of rotatable bonds is 4. The molecule has 1 unspecified atom stereocenters. The van der Waals surface area contributed by atoms with Gasteiger partial charge < -0.3 is 5.32 Å². The number of nitrogens with zero attached hydrogens (tertiary/aromatic N) is 1. The largest absolute Gasteiger partial charge is 0.352 e. The van der Waals surface area contributed by atoms with Gasteiger partial charge in [0.1, 0.15) is 0 Å². The zero-order valence-electron chi connectivity index (χ0n) is 13.2. The summed E-state index contributed by atoms with van der Waals surface area (Å²) in [5.41, 5.74) is 4.05. The van der Waals surface area contributed by atoms with Crippen LogP contribution in [0.1, 0.15) is 28.4 Å². The van der Waals surface area contributed by atoms with Gasteiger partial charge in [0.25, 0.3) is 0 Å². The Kier molecular flexibility index (Phi) is 4.37. The number of Topliss-reactive ketones (excluding diaryl/α,β-unsaturated/α-hetero) is 1. The van der Waals surface area contributed by atoms with Gasteiger partial charge in [-0.3, -0.25) is 4.79 Å². The van der Waals surface area contributed by atoms with Crippen LogP contribution in [0.5, 0.6) is 0 Å². The number of halogens is 1. The SMILES string of the molecule is Cc1ccc2sc(NC(C)C(=O)c3ccc(Cl)cc3)nc2c1C. The summed E-state index contributed by atoms with van der Waals surface area (Å²) in [6.45, 7) is 6.00. The van der Waals surface area contributed by atoms with Crippen LogP contribution in [0.3, 0.4) is 0 Å². The van der Waals surface area contributed by atoms with E-state index in [1.165, 1.54) is 11.1 Å². The van der Waals surface area contributed by atoms with Crippen molar-refractivity contribution in [3.63, 3.8) is 0 Å². The minimum absolute atomic E-state index is 0.0221. The van der Waals surface area contributed by atoms with Crippen LogP contribution in [-0.2, 0) is 0 Å². The number of anilines is 1. The third-order valence-electron chi connectivity index (χ3n) is 3.95. The third kappa shape index (κ3) is 3.23. The van der Waals surface area contributed by atoms with Crippen LogP contribution in [0.2, 0.25) is 5.02 Å². The molecule has 0 saturated heterocycles. The molecular formula is C18H17ClN2OS. The maximum absolute atomic E-state index is 12.5. The zero-order valence-corrected chi connectivity index (χ0v) is 14.8. The van der Waals surface area contributed by atoms with Crippen molar-refractivity contribution in [2.24, 2.45) is 0 Å². The van der Waals surface area contributed by atoms with E-state index in [0.29, 0.717) is 10.6 Å². The average molecular weight is 345 g/mol. The van der Waals surface area contributed by atoms with E-state index >= 15 is 0 Å². The van der Waals surface area contributed by atoms with Crippen LogP contribution in [0.15, 0.2) is 36.4 Å². The molecule has 0 aliphatic heterocycles. The summed E-state index contributed by atoms with van der Waals surface area (Å²) in [5, 5.41) is 4.61. The highest BCUT2D eigenvalue weighted by Gasteiger charge is 2.17. The quantitative estimate of drug-likeness (QED) is 0.657. The van der Waals surface area contributed by atoms with Crippen LogP contribution in [0.25, 0.3) is 10.2 Å². The molecule has 1 aromatic heterocycles. The number of aromatic nitrogens is 1. The smallest absolute Gasteiger partial charge is 0.184 e. The number of carbonyl (C=O) groups is 1. The lowest BCUT2D eigenvalue weighted by atomic mass is 10.1. The second kappa shape index (κ2) is 6.30. The molecule has 0 amide bonds. The van der Waals surface area contributed by atoms with Crippen LogP contribution in [0.4, 0.5) is 5.13 Å². The summed E-state index contributed by atoms with van der Waals surface area (Å²) < 4.78 is 1.13. The normalized spacial score (nSPS) is 12.3. The van der Waals surface area contributed by atoms with Crippen molar-refractivity contribution in [2.45, 2.75) is 26.8 Å². The fourth-order valence-corrected chi connectivity index (χ4v) is 3.54. The topological polar surface area (TPSA) is 42.0 Å². The summed E-state index contributed by atoms with van der Waals surface area (Å²) >= 11 is 7.43. The lowest BCUT2D eigenvalue weighted by Gasteiger charge is -2.11. The number of carbonyl (C=O) groups excluding carboxylic acids is 1. The Morgan fingerprint density at radius 3 is 2.57 bits per heavy atom. The molecule has 0 aliphatic carbocycles. The highest BCUT2D eigenvalue weighted by Crippen LogP contribution is 2.30. The molecule has 1 heterocycles. The highest BCUT2D eigenvalue weighted by atomic mass is 35.5. The van der Waals surface area contributed by atoms with E-state index in [0.717, 1.165) is 15.3 Å². The van der Waals surface area contributed by atoms with Gasteiger partial charge in [0.15, 0.2) is 10.9 Å². The average Bonchev–Trinajstić information content (AvgIpc) is 2.94. The van der Waals surface area contributed by atoms with Crippen molar-refractivity contribution in [2.75, 3.05) is 5.32 Å². The molecular weight excluding hydrogens is 328 g/mol. The Morgan fingerprint density at radius 2 is 1.87 bits per heavy atom. The summed E-state index contributed by atoms with van der Waals surface area (Å²) in [6.07, 6.45) is 0. The fourth-order valence-electron chi connectivity index (χ4n) is 2.40. The van der Waals surface area contributed by atoms with Gasteiger partial charge in [-0.05, 0) is 62.2 Å². The Labute approximate surface area is 144 Å². The maximum atomic E-state index is 12.5. The first-order chi connectivity index (χ1) is 11.0. The van der Waals surface area contributed by atoms with E-state index in [1.54, 1.807) is 35.6 Å². The van der Waals surface area contributed by atoms with E-state index in [2.05, 4.69) is 36.3 Å². The van der Waals surface area contributed by atoms with Gasteiger partial charge in [0, 0.05) is 10.6 Å². The second-order valence-electron chi connectivity index (χ2n) is 5.61. The zero-order chi connectivity index (χ0) is 16.6. The van der Waals surface area contributed by atoms with Gasteiger partial charge >= 0.3 is 0 Å². The van der Waals surface area contributed by atoms with Crippen molar-refractivity contribution in [3.8, 4) is 0 Å². The van der Waals surface area contributed by atoms with Crippen molar-refractivity contribution >= 4 is 44.1 Å².